The van der Waals surface area contributed by atoms with Crippen LogP contribution in [0.4, 0.5) is 5.69 Å². The number of hydrogen-bond donors (Lipinski definition) is 1. The number of rotatable bonds is 4. The van der Waals surface area contributed by atoms with Gasteiger partial charge in [-0.2, -0.15) is 4.31 Å². The van der Waals surface area contributed by atoms with E-state index in [1.165, 1.54) is 27.9 Å². The van der Waals surface area contributed by atoms with Gasteiger partial charge in [-0.3, -0.25) is 4.79 Å². The molecular weight excluding hydrogens is 440 g/mol. The van der Waals surface area contributed by atoms with Crippen LogP contribution in [0.15, 0.2) is 45.8 Å². The summed E-state index contributed by atoms with van der Waals surface area (Å²) in [7, 11) is -3.57. The van der Waals surface area contributed by atoms with Crippen LogP contribution in [0.25, 0.3) is 0 Å². The molecule has 28 heavy (non-hydrogen) atoms. The van der Waals surface area contributed by atoms with Crippen molar-refractivity contribution in [2.75, 3.05) is 18.4 Å². The summed E-state index contributed by atoms with van der Waals surface area (Å²) in [4.78, 5) is 13.1. The van der Waals surface area contributed by atoms with Crippen molar-refractivity contribution in [2.24, 2.45) is 0 Å². The SMILES string of the molecule is O=C(Nc1cccc2c1CCCC2)c1cc(S(=O)(=O)N2CCCC2)ccc1Br. The molecular formula is C21H23BrN2O3S. The molecule has 1 saturated heterocycles. The fourth-order valence-corrected chi connectivity index (χ4v) is 5.98. The molecule has 0 radical (unpaired) electrons. The maximum absolute atomic E-state index is 13.0. The highest BCUT2D eigenvalue weighted by Gasteiger charge is 2.28. The molecule has 2 aromatic carbocycles. The predicted molar refractivity (Wildman–Crippen MR) is 113 cm³/mol. The largest absolute Gasteiger partial charge is 0.322 e. The van der Waals surface area contributed by atoms with Crippen molar-refractivity contribution in [1.29, 1.82) is 0 Å². The number of fused-ring (bicyclic) bond motifs is 1. The highest BCUT2D eigenvalue weighted by atomic mass is 79.9. The lowest BCUT2D eigenvalue weighted by molar-refractivity contribution is 0.102. The van der Waals surface area contributed by atoms with Gasteiger partial charge >= 0.3 is 0 Å². The van der Waals surface area contributed by atoms with Gasteiger partial charge in [0.05, 0.1) is 10.5 Å². The van der Waals surface area contributed by atoms with E-state index in [1.807, 2.05) is 12.1 Å². The molecule has 5 nitrogen and oxygen atoms in total. The van der Waals surface area contributed by atoms with E-state index in [-0.39, 0.29) is 10.8 Å². The lowest BCUT2D eigenvalue weighted by atomic mass is 9.90. The van der Waals surface area contributed by atoms with E-state index in [2.05, 4.69) is 27.3 Å². The van der Waals surface area contributed by atoms with Gasteiger partial charge in [-0.15, -0.1) is 0 Å². The molecule has 1 amide bonds. The van der Waals surface area contributed by atoms with E-state index in [4.69, 9.17) is 0 Å². The zero-order valence-corrected chi connectivity index (χ0v) is 18.0. The van der Waals surface area contributed by atoms with Crippen LogP contribution >= 0.6 is 15.9 Å². The van der Waals surface area contributed by atoms with Gasteiger partial charge in [0.15, 0.2) is 0 Å². The topological polar surface area (TPSA) is 66.5 Å². The quantitative estimate of drug-likeness (QED) is 0.733. The van der Waals surface area contributed by atoms with Crippen LogP contribution in [-0.4, -0.2) is 31.7 Å². The first-order chi connectivity index (χ1) is 13.5. The molecule has 0 bridgehead atoms. The number of aryl methyl sites for hydroxylation is 1. The lowest BCUT2D eigenvalue weighted by Crippen LogP contribution is -2.28. The molecule has 4 rings (SSSR count). The number of carbonyl (C=O) groups excluding carboxylic acids is 1. The van der Waals surface area contributed by atoms with E-state index in [0.29, 0.717) is 23.1 Å². The Hall–Kier alpha value is -1.70. The first kappa shape index (κ1) is 19.6. The van der Waals surface area contributed by atoms with E-state index in [9.17, 15) is 13.2 Å². The maximum atomic E-state index is 13.0. The van der Waals surface area contributed by atoms with Gasteiger partial charge in [-0.1, -0.05) is 12.1 Å². The number of sulfonamides is 1. The van der Waals surface area contributed by atoms with E-state index < -0.39 is 10.0 Å². The van der Waals surface area contributed by atoms with Crippen LogP contribution < -0.4 is 5.32 Å². The van der Waals surface area contributed by atoms with Crippen molar-refractivity contribution < 1.29 is 13.2 Å². The van der Waals surface area contributed by atoms with Crippen molar-refractivity contribution in [2.45, 2.75) is 43.4 Å². The monoisotopic (exact) mass is 462 g/mol. The second-order valence-electron chi connectivity index (χ2n) is 7.36. The summed E-state index contributed by atoms with van der Waals surface area (Å²) >= 11 is 3.40. The Labute approximate surface area is 174 Å². The van der Waals surface area contributed by atoms with Crippen LogP contribution in [0.3, 0.4) is 0 Å². The summed E-state index contributed by atoms with van der Waals surface area (Å²) in [5, 5.41) is 3.00. The molecule has 1 fully saturated rings. The van der Waals surface area contributed by atoms with Crippen molar-refractivity contribution >= 4 is 37.5 Å². The fourth-order valence-electron chi connectivity index (χ4n) is 4.00. The minimum atomic E-state index is -3.57. The van der Waals surface area contributed by atoms with E-state index in [0.717, 1.165) is 37.8 Å². The standard InChI is InChI=1S/C21H23BrN2O3S/c22-19-11-10-16(28(26,27)24-12-3-4-13-24)14-18(19)21(25)23-20-9-5-7-15-6-1-2-8-17(15)20/h5,7,9-11,14H,1-4,6,8,12-13H2,(H,23,25). The number of halogens is 1. The minimum absolute atomic E-state index is 0.165. The number of benzene rings is 2. The summed E-state index contributed by atoms with van der Waals surface area (Å²) in [6.07, 6.45) is 6.03. The van der Waals surface area contributed by atoms with Gasteiger partial charge in [0.2, 0.25) is 10.0 Å². The number of nitrogens with zero attached hydrogens (tertiary/aromatic N) is 1. The van der Waals surface area contributed by atoms with Crippen molar-refractivity contribution in [3.8, 4) is 0 Å². The minimum Gasteiger partial charge on any atom is -0.322 e. The summed E-state index contributed by atoms with van der Waals surface area (Å²) in [5.74, 6) is -0.302. The summed E-state index contributed by atoms with van der Waals surface area (Å²) in [6, 6.07) is 10.7. The summed E-state index contributed by atoms with van der Waals surface area (Å²) in [6.45, 7) is 1.08. The molecule has 148 valence electrons. The first-order valence-corrected chi connectivity index (χ1v) is 11.9. The molecule has 0 aromatic heterocycles. The number of hydrogen-bond acceptors (Lipinski definition) is 3. The molecule has 0 saturated carbocycles. The number of amides is 1. The highest BCUT2D eigenvalue weighted by molar-refractivity contribution is 9.10. The molecule has 2 aliphatic rings. The first-order valence-electron chi connectivity index (χ1n) is 9.68. The van der Waals surface area contributed by atoms with Gasteiger partial charge in [0.1, 0.15) is 0 Å². The third-order valence-corrected chi connectivity index (χ3v) is 8.12. The van der Waals surface area contributed by atoms with E-state index >= 15 is 0 Å². The Kier molecular flexibility index (Phi) is 5.58. The molecule has 0 spiro atoms. The zero-order valence-electron chi connectivity index (χ0n) is 15.6. The fraction of sp³-hybridized carbons (Fsp3) is 0.381. The molecule has 1 N–H and O–H groups in total. The van der Waals surface area contributed by atoms with Crippen molar-refractivity contribution in [3.63, 3.8) is 0 Å². The van der Waals surface area contributed by atoms with Gasteiger partial charge in [-0.25, -0.2) is 8.42 Å². The Morgan fingerprint density at radius 2 is 1.75 bits per heavy atom. The Balaban J connectivity index is 1.63. The molecule has 1 aliphatic heterocycles. The number of carbonyl (C=O) groups is 1. The molecule has 0 unspecified atom stereocenters. The van der Waals surface area contributed by atoms with Crippen molar-refractivity contribution in [1.82, 2.24) is 4.31 Å². The van der Waals surface area contributed by atoms with E-state index in [1.54, 1.807) is 12.1 Å². The van der Waals surface area contributed by atoms with Gasteiger partial charge in [0.25, 0.3) is 5.91 Å². The third kappa shape index (κ3) is 3.75. The van der Waals surface area contributed by atoms with Gasteiger partial charge in [0, 0.05) is 23.2 Å². The van der Waals surface area contributed by atoms with Crippen LogP contribution in [0.5, 0.6) is 0 Å². The van der Waals surface area contributed by atoms with Crippen LogP contribution in [0.2, 0.25) is 0 Å². The third-order valence-electron chi connectivity index (χ3n) is 5.53. The second-order valence-corrected chi connectivity index (χ2v) is 10.1. The average molecular weight is 463 g/mol. The summed E-state index contributed by atoms with van der Waals surface area (Å²) in [5.41, 5.74) is 3.63. The zero-order chi connectivity index (χ0) is 19.7. The smallest absolute Gasteiger partial charge is 0.256 e. The number of anilines is 1. The molecule has 1 heterocycles. The Morgan fingerprint density at radius 3 is 2.54 bits per heavy atom. The number of nitrogens with one attached hydrogen (secondary N) is 1. The normalized spacial score (nSPS) is 17.3. The van der Waals surface area contributed by atoms with Crippen LogP contribution in [0.1, 0.15) is 47.2 Å². The van der Waals surface area contributed by atoms with Crippen molar-refractivity contribution in [3.05, 3.63) is 57.6 Å². The van der Waals surface area contributed by atoms with Gasteiger partial charge in [-0.05, 0) is 89.8 Å². The van der Waals surface area contributed by atoms with Crippen LogP contribution in [-0.2, 0) is 22.9 Å². The molecule has 2 aromatic rings. The lowest BCUT2D eigenvalue weighted by Gasteiger charge is -2.20. The van der Waals surface area contributed by atoms with Crippen LogP contribution in [0, 0.1) is 0 Å². The second kappa shape index (κ2) is 7.97. The molecule has 1 aliphatic carbocycles. The highest BCUT2D eigenvalue weighted by Crippen LogP contribution is 2.30. The Bertz CT molecular complexity index is 1010. The summed E-state index contributed by atoms with van der Waals surface area (Å²) < 4.78 is 27.8. The Morgan fingerprint density at radius 1 is 1.00 bits per heavy atom. The van der Waals surface area contributed by atoms with Gasteiger partial charge < -0.3 is 5.32 Å². The molecule has 0 atom stereocenters. The molecule has 7 heteroatoms. The maximum Gasteiger partial charge on any atom is 0.256 e. The predicted octanol–water partition coefficient (Wildman–Crippen LogP) is 4.36. The average Bonchev–Trinajstić information content (AvgIpc) is 3.24.